The molecule has 1 aliphatic heterocycles. The maximum atomic E-state index is 4.67. The van der Waals surface area contributed by atoms with E-state index in [0.29, 0.717) is 6.04 Å². The van der Waals surface area contributed by atoms with Gasteiger partial charge in [0.25, 0.3) is 0 Å². The summed E-state index contributed by atoms with van der Waals surface area (Å²) in [5.74, 6) is 2.24. The molecule has 0 saturated carbocycles. The SMILES string of the molecule is CCC1CCCN(c2c(CNC(C)C)c(C)nn2C)CC1. The van der Waals surface area contributed by atoms with Crippen LogP contribution in [0.15, 0.2) is 0 Å². The minimum Gasteiger partial charge on any atom is -0.357 e. The van der Waals surface area contributed by atoms with Crippen molar-refractivity contribution in [3.05, 3.63) is 11.3 Å². The van der Waals surface area contributed by atoms with E-state index in [-0.39, 0.29) is 0 Å². The van der Waals surface area contributed by atoms with Crippen molar-refractivity contribution in [1.82, 2.24) is 15.1 Å². The lowest BCUT2D eigenvalue weighted by molar-refractivity contribution is 0.459. The van der Waals surface area contributed by atoms with Gasteiger partial charge < -0.3 is 10.2 Å². The number of aromatic nitrogens is 2. The molecule has 120 valence electrons. The molecule has 1 aromatic rings. The van der Waals surface area contributed by atoms with Crippen LogP contribution >= 0.6 is 0 Å². The number of nitrogens with one attached hydrogen (secondary N) is 1. The lowest BCUT2D eigenvalue weighted by Crippen LogP contribution is -2.29. The first-order valence-electron chi connectivity index (χ1n) is 8.53. The number of anilines is 1. The molecule has 1 aromatic heterocycles. The van der Waals surface area contributed by atoms with Gasteiger partial charge in [0.15, 0.2) is 0 Å². The maximum absolute atomic E-state index is 4.67. The molecule has 4 heteroatoms. The Kier molecular flexibility index (Phi) is 5.68. The van der Waals surface area contributed by atoms with Gasteiger partial charge in [-0.1, -0.05) is 27.2 Å². The normalized spacial score (nSPS) is 20.1. The van der Waals surface area contributed by atoms with Gasteiger partial charge in [-0.2, -0.15) is 5.10 Å². The fourth-order valence-corrected chi connectivity index (χ4v) is 3.38. The van der Waals surface area contributed by atoms with Gasteiger partial charge in [0.1, 0.15) is 5.82 Å². The van der Waals surface area contributed by atoms with E-state index < -0.39 is 0 Å². The smallest absolute Gasteiger partial charge is 0.131 e. The van der Waals surface area contributed by atoms with Crippen molar-refractivity contribution in [2.45, 2.75) is 66.0 Å². The molecule has 4 nitrogen and oxygen atoms in total. The molecule has 0 bridgehead atoms. The summed E-state index contributed by atoms with van der Waals surface area (Å²) in [4.78, 5) is 2.56. The van der Waals surface area contributed by atoms with Crippen LogP contribution in [0.4, 0.5) is 5.82 Å². The van der Waals surface area contributed by atoms with Gasteiger partial charge in [-0.15, -0.1) is 0 Å². The number of hydrogen-bond acceptors (Lipinski definition) is 3. The van der Waals surface area contributed by atoms with Crippen LogP contribution in [-0.4, -0.2) is 28.9 Å². The van der Waals surface area contributed by atoms with Gasteiger partial charge in [-0.3, -0.25) is 4.68 Å². The summed E-state index contributed by atoms with van der Waals surface area (Å²) in [6.07, 6.45) is 5.32. The highest BCUT2D eigenvalue weighted by atomic mass is 15.4. The molecule has 0 radical (unpaired) electrons. The van der Waals surface area contributed by atoms with E-state index in [4.69, 9.17) is 0 Å². The van der Waals surface area contributed by atoms with E-state index in [1.165, 1.54) is 50.2 Å². The highest BCUT2D eigenvalue weighted by Crippen LogP contribution is 2.28. The van der Waals surface area contributed by atoms with Gasteiger partial charge in [0.2, 0.25) is 0 Å². The van der Waals surface area contributed by atoms with Gasteiger partial charge in [-0.25, -0.2) is 0 Å². The van der Waals surface area contributed by atoms with Gasteiger partial charge in [0, 0.05) is 38.3 Å². The third kappa shape index (κ3) is 4.00. The van der Waals surface area contributed by atoms with Gasteiger partial charge in [-0.05, 0) is 32.1 Å². The molecule has 0 amide bonds. The van der Waals surface area contributed by atoms with E-state index in [2.05, 4.69) is 54.7 Å². The van der Waals surface area contributed by atoms with Crippen molar-refractivity contribution < 1.29 is 0 Å². The minimum atomic E-state index is 0.506. The fraction of sp³-hybridized carbons (Fsp3) is 0.824. The predicted octanol–water partition coefficient (Wildman–Crippen LogP) is 3.24. The molecule has 2 heterocycles. The average molecular weight is 292 g/mol. The Morgan fingerprint density at radius 2 is 2.05 bits per heavy atom. The van der Waals surface area contributed by atoms with Crippen molar-refractivity contribution in [3.8, 4) is 0 Å². The van der Waals surface area contributed by atoms with Crippen LogP contribution < -0.4 is 10.2 Å². The molecule has 0 aliphatic carbocycles. The molecular weight excluding hydrogens is 260 g/mol. The zero-order chi connectivity index (χ0) is 15.4. The van der Waals surface area contributed by atoms with E-state index in [0.717, 1.165) is 18.2 Å². The minimum absolute atomic E-state index is 0.506. The first kappa shape index (κ1) is 16.3. The second-order valence-electron chi connectivity index (χ2n) is 6.74. The summed E-state index contributed by atoms with van der Waals surface area (Å²) in [7, 11) is 2.09. The Morgan fingerprint density at radius 3 is 2.71 bits per heavy atom. The summed E-state index contributed by atoms with van der Waals surface area (Å²) in [5, 5.41) is 8.22. The topological polar surface area (TPSA) is 33.1 Å². The molecule has 2 rings (SSSR count). The summed E-state index contributed by atoms with van der Waals surface area (Å²) in [5.41, 5.74) is 2.54. The summed E-state index contributed by atoms with van der Waals surface area (Å²) in [6, 6.07) is 0.506. The lowest BCUT2D eigenvalue weighted by Gasteiger charge is -2.25. The zero-order valence-electron chi connectivity index (χ0n) is 14.4. The van der Waals surface area contributed by atoms with Crippen molar-refractivity contribution in [2.75, 3.05) is 18.0 Å². The van der Waals surface area contributed by atoms with Crippen molar-refractivity contribution in [1.29, 1.82) is 0 Å². The summed E-state index contributed by atoms with van der Waals surface area (Å²) in [6.45, 7) is 12.1. The predicted molar refractivity (Wildman–Crippen MR) is 89.8 cm³/mol. The molecular formula is C17H32N4. The molecule has 1 unspecified atom stereocenters. The van der Waals surface area contributed by atoms with Crippen LogP contribution in [0.25, 0.3) is 0 Å². The van der Waals surface area contributed by atoms with E-state index in [1.807, 2.05) is 0 Å². The number of nitrogens with zero attached hydrogens (tertiary/aromatic N) is 3. The van der Waals surface area contributed by atoms with Crippen molar-refractivity contribution >= 4 is 5.82 Å². The van der Waals surface area contributed by atoms with Crippen LogP contribution in [0.2, 0.25) is 0 Å². The molecule has 1 atom stereocenters. The zero-order valence-corrected chi connectivity index (χ0v) is 14.4. The molecule has 1 fully saturated rings. The highest BCUT2D eigenvalue weighted by Gasteiger charge is 2.22. The number of rotatable bonds is 5. The fourth-order valence-electron chi connectivity index (χ4n) is 3.38. The number of aryl methyl sites for hydroxylation is 2. The molecule has 1 aliphatic rings. The Bertz CT molecular complexity index is 450. The van der Waals surface area contributed by atoms with Gasteiger partial charge in [0.05, 0.1) is 5.69 Å². The van der Waals surface area contributed by atoms with Crippen LogP contribution in [-0.2, 0) is 13.6 Å². The first-order chi connectivity index (χ1) is 10.0. The third-order valence-corrected chi connectivity index (χ3v) is 4.72. The number of hydrogen-bond donors (Lipinski definition) is 1. The molecule has 21 heavy (non-hydrogen) atoms. The molecule has 0 aromatic carbocycles. The molecule has 1 saturated heterocycles. The van der Waals surface area contributed by atoms with Crippen molar-refractivity contribution in [2.24, 2.45) is 13.0 Å². The standard InChI is InChI=1S/C17H32N4/c1-6-15-8-7-10-21(11-9-15)17-16(12-18-13(2)3)14(4)19-20(17)5/h13,15,18H,6-12H2,1-5H3. The first-order valence-corrected chi connectivity index (χ1v) is 8.53. The quantitative estimate of drug-likeness (QED) is 0.904. The van der Waals surface area contributed by atoms with E-state index >= 15 is 0 Å². The monoisotopic (exact) mass is 292 g/mol. The van der Waals surface area contributed by atoms with E-state index in [9.17, 15) is 0 Å². The Labute approximate surface area is 129 Å². The summed E-state index contributed by atoms with van der Waals surface area (Å²) < 4.78 is 2.08. The third-order valence-electron chi connectivity index (χ3n) is 4.72. The molecule has 0 spiro atoms. The van der Waals surface area contributed by atoms with Crippen LogP contribution in [0.3, 0.4) is 0 Å². The second kappa shape index (κ2) is 7.30. The second-order valence-corrected chi connectivity index (χ2v) is 6.74. The maximum Gasteiger partial charge on any atom is 0.131 e. The lowest BCUT2D eigenvalue weighted by atomic mass is 9.98. The summed E-state index contributed by atoms with van der Waals surface area (Å²) >= 11 is 0. The van der Waals surface area contributed by atoms with Crippen LogP contribution in [0.5, 0.6) is 0 Å². The average Bonchev–Trinajstić information content (AvgIpc) is 2.62. The van der Waals surface area contributed by atoms with Gasteiger partial charge >= 0.3 is 0 Å². The Hall–Kier alpha value is -1.03. The molecule has 1 N–H and O–H groups in total. The van der Waals surface area contributed by atoms with Crippen molar-refractivity contribution in [3.63, 3.8) is 0 Å². The Balaban J connectivity index is 2.17. The highest BCUT2D eigenvalue weighted by molar-refractivity contribution is 5.50. The van der Waals surface area contributed by atoms with Crippen LogP contribution in [0, 0.1) is 12.8 Å². The Morgan fingerprint density at radius 1 is 1.29 bits per heavy atom. The van der Waals surface area contributed by atoms with Crippen LogP contribution in [0.1, 0.15) is 57.7 Å². The largest absolute Gasteiger partial charge is 0.357 e. The van der Waals surface area contributed by atoms with E-state index in [1.54, 1.807) is 0 Å².